The Kier molecular flexibility index (Phi) is 3.79. The van der Waals surface area contributed by atoms with Gasteiger partial charge < -0.3 is 5.32 Å². The molecule has 0 radical (unpaired) electrons. The Balaban J connectivity index is 1.53. The first kappa shape index (κ1) is 14.5. The van der Waals surface area contributed by atoms with Crippen LogP contribution in [0.25, 0.3) is 0 Å². The van der Waals surface area contributed by atoms with Gasteiger partial charge in [0.15, 0.2) is 0 Å². The van der Waals surface area contributed by atoms with Crippen LogP contribution in [0.15, 0.2) is 24.3 Å². The van der Waals surface area contributed by atoms with Crippen molar-refractivity contribution < 1.29 is 0 Å². The molecule has 0 spiro atoms. The van der Waals surface area contributed by atoms with Crippen molar-refractivity contribution in [2.75, 3.05) is 13.1 Å². The highest BCUT2D eigenvalue weighted by molar-refractivity contribution is 14.1. The number of rotatable bonds is 4. The van der Waals surface area contributed by atoms with Crippen molar-refractivity contribution in [3.05, 3.63) is 33.4 Å². The minimum Gasteiger partial charge on any atom is -0.311 e. The van der Waals surface area contributed by atoms with Gasteiger partial charge in [0.1, 0.15) is 0 Å². The molecule has 1 aliphatic heterocycles. The van der Waals surface area contributed by atoms with Gasteiger partial charge in [-0.05, 0) is 84.7 Å². The van der Waals surface area contributed by atoms with Gasteiger partial charge in [0.25, 0.3) is 0 Å². The summed E-state index contributed by atoms with van der Waals surface area (Å²) in [6, 6.07) is 9.84. The zero-order chi connectivity index (χ0) is 14.4. The first-order chi connectivity index (χ1) is 10.1. The first-order valence-electron chi connectivity index (χ1n) is 8.38. The molecule has 0 aromatic heterocycles. The number of piperazine rings is 1. The first-order valence-corrected chi connectivity index (χ1v) is 9.46. The molecule has 0 amide bonds. The van der Waals surface area contributed by atoms with Crippen LogP contribution in [0, 0.1) is 15.4 Å². The Morgan fingerprint density at radius 2 is 1.90 bits per heavy atom. The average Bonchev–Trinajstić information content (AvgIpc) is 3.36. The lowest BCUT2D eigenvalue weighted by molar-refractivity contribution is 0.0234. The molecule has 2 saturated carbocycles. The fourth-order valence-corrected chi connectivity index (χ4v) is 4.30. The number of halogens is 1. The molecule has 3 aliphatic rings. The Morgan fingerprint density at radius 3 is 2.52 bits per heavy atom. The van der Waals surface area contributed by atoms with E-state index in [-0.39, 0.29) is 0 Å². The Morgan fingerprint density at radius 1 is 1.19 bits per heavy atom. The average molecular weight is 396 g/mol. The molecule has 1 aromatic rings. The van der Waals surface area contributed by atoms with Crippen molar-refractivity contribution in [3.63, 3.8) is 0 Å². The highest BCUT2D eigenvalue weighted by Crippen LogP contribution is 2.46. The molecular weight excluding hydrogens is 371 g/mol. The van der Waals surface area contributed by atoms with Crippen molar-refractivity contribution in [3.8, 4) is 0 Å². The third-order valence-electron chi connectivity index (χ3n) is 5.80. The maximum atomic E-state index is 3.87. The molecule has 3 fully saturated rings. The minimum atomic E-state index is 0.369. The zero-order valence-electron chi connectivity index (χ0n) is 12.8. The van der Waals surface area contributed by atoms with E-state index in [9.17, 15) is 0 Å². The summed E-state index contributed by atoms with van der Waals surface area (Å²) < 4.78 is 1.33. The van der Waals surface area contributed by atoms with Gasteiger partial charge in [0.2, 0.25) is 0 Å². The van der Waals surface area contributed by atoms with E-state index in [4.69, 9.17) is 0 Å². The van der Waals surface area contributed by atoms with Crippen molar-refractivity contribution in [2.45, 2.75) is 50.7 Å². The summed E-state index contributed by atoms with van der Waals surface area (Å²) in [6.07, 6.45) is 5.73. The highest BCUT2D eigenvalue weighted by atomic mass is 127. The normalized spacial score (nSPS) is 34.1. The molecule has 2 nitrogen and oxygen atoms in total. The van der Waals surface area contributed by atoms with Crippen LogP contribution in [0.2, 0.25) is 0 Å². The molecule has 21 heavy (non-hydrogen) atoms. The van der Waals surface area contributed by atoms with Crippen molar-refractivity contribution in [1.29, 1.82) is 0 Å². The van der Waals surface area contributed by atoms with Gasteiger partial charge in [-0.3, -0.25) is 4.90 Å². The van der Waals surface area contributed by atoms with E-state index in [2.05, 4.69) is 64.0 Å². The molecular formula is C18H25IN2. The van der Waals surface area contributed by atoms with Crippen LogP contribution in [-0.4, -0.2) is 29.6 Å². The third kappa shape index (κ3) is 3.02. The summed E-state index contributed by atoms with van der Waals surface area (Å²) in [5, 5.41) is 3.87. The van der Waals surface area contributed by atoms with Gasteiger partial charge in [0.05, 0.1) is 0 Å². The monoisotopic (exact) mass is 396 g/mol. The molecule has 2 atom stereocenters. The summed E-state index contributed by atoms with van der Waals surface area (Å²) in [5.74, 6) is 1.86. The lowest BCUT2D eigenvalue weighted by Gasteiger charge is -2.49. The summed E-state index contributed by atoms with van der Waals surface area (Å²) >= 11 is 2.39. The number of hydrogen-bond acceptors (Lipinski definition) is 2. The Bertz CT molecular complexity index is 506. The van der Waals surface area contributed by atoms with E-state index >= 15 is 0 Å². The molecule has 4 rings (SSSR count). The fourth-order valence-electron chi connectivity index (χ4n) is 3.94. The maximum absolute atomic E-state index is 3.87. The number of hydrogen-bond donors (Lipinski definition) is 1. The minimum absolute atomic E-state index is 0.369. The van der Waals surface area contributed by atoms with Crippen molar-refractivity contribution in [2.24, 2.45) is 11.8 Å². The molecule has 1 aromatic carbocycles. The van der Waals surface area contributed by atoms with E-state index in [1.807, 2.05) is 0 Å². The van der Waals surface area contributed by atoms with Gasteiger partial charge in [0, 0.05) is 34.8 Å². The van der Waals surface area contributed by atoms with Gasteiger partial charge in [-0.2, -0.15) is 0 Å². The predicted molar refractivity (Wildman–Crippen MR) is 95.2 cm³/mol. The van der Waals surface area contributed by atoms with Crippen molar-refractivity contribution >= 4 is 22.6 Å². The largest absolute Gasteiger partial charge is 0.311 e. The molecule has 1 N–H and O–H groups in total. The molecule has 0 bridgehead atoms. The molecule has 2 aliphatic carbocycles. The highest BCUT2D eigenvalue weighted by Gasteiger charge is 2.49. The van der Waals surface area contributed by atoms with Crippen LogP contribution < -0.4 is 5.32 Å². The second-order valence-electron chi connectivity index (χ2n) is 7.46. The topological polar surface area (TPSA) is 15.3 Å². The second kappa shape index (κ2) is 5.50. The molecule has 1 saturated heterocycles. The molecule has 2 unspecified atom stereocenters. The van der Waals surface area contributed by atoms with Gasteiger partial charge >= 0.3 is 0 Å². The third-order valence-corrected chi connectivity index (χ3v) is 6.52. The van der Waals surface area contributed by atoms with E-state index in [0.717, 1.165) is 24.4 Å². The maximum Gasteiger partial charge on any atom is 0.0338 e. The standard InChI is InChI=1S/C18H25IN2/c1-18(15-6-7-15)12-20-17(14-4-5-14)11-21(18)10-13-2-8-16(19)9-3-13/h2-3,8-9,14-15,17,20H,4-7,10-12H2,1H3. The van der Waals surface area contributed by atoms with Crippen LogP contribution in [0.5, 0.6) is 0 Å². The molecule has 114 valence electrons. The SMILES string of the molecule is CC1(C2CC2)CNC(C2CC2)CN1Cc1ccc(I)cc1. The van der Waals surface area contributed by atoms with Gasteiger partial charge in [-0.1, -0.05) is 12.1 Å². The van der Waals surface area contributed by atoms with Crippen LogP contribution in [-0.2, 0) is 6.54 Å². The van der Waals surface area contributed by atoms with E-state index in [0.29, 0.717) is 5.54 Å². The van der Waals surface area contributed by atoms with Crippen LogP contribution in [0.1, 0.15) is 38.2 Å². The Labute approximate surface area is 141 Å². The summed E-state index contributed by atoms with van der Waals surface area (Å²) in [5.41, 5.74) is 1.84. The van der Waals surface area contributed by atoms with Crippen molar-refractivity contribution in [1.82, 2.24) is 10.2 Å². The van der Waals surface area contributed by atoms with E-state index < -0.39 is 0 Å². The second-order valence-corrected chi connectivity index (χ2v) is 8.71. The van der Waals surface area contributed by atoms with Crippen LogP contribution in [0.4, 0.5) is 0 Å². The fraction of sp³-hybridized carbons (Fsp3) is 0.667. The summed E-state index contributed by atoms with van der Waals surface area (Å²) in [7, 11) is 0. The summed E-state index contributed by atoms with van der Waals surface area (Å²) in [6.45, 7) is 6.04. The smallest absolute Gasteiger partial charge is 0.0338 e. The van der Waals surface area contributed by atoms with Crippen LogP contribution >= 0.6 is 22.6 Å². The van der Waals surface area contributed by atoms with E-state index in [1.165, 1.54) is 47.9 Å². The molecule has 3 heteroatoms. The van der Waals surface area contributed by atoms with Crippen LogP contribution in [0.3, 0.4) is 0 Å². The quantitative estimate of drug-likeness (QED) is 0.782. The number of nitrogens with zero attached hydrogens (tertiary/aromatic N) is 1. The van der Waals surface area contributed by atoms with Gasteiger partial charge in [-0.25, -0.2) is 0 Å². The Hall–Kier alpha value is -0.130. The predicted octanol–water partition coefficient (Wildman–Crippen LogP) is 3.64. The van der Waals surface area contributed by atoms with Gasteiger partial charge in [-0.15, -0.1) is 0 Å². The van der Waals surface area contributed by atoms with E-state index in [1.54, 1.807) is 0 Å². The number of benzene rings is 1. The lowest BCUT2D eigenvalue weighted by Crippen LogP contribution is -2.64. The number of nitrogens with one attached hydrogen (secondary N) is 1. The zero-order valence-corrected chi connectivity index (χ0v) is 15.0. The summed E-state index contributed by atoms with van der Waals surface area (Å²) in [4.78, 5) is 2.80. The lowest BCUT2D eigenvalue weighted by atomic mass is 9.88. The molecule has 1 heterocycles.